The van der Waals surface area contributed by atoms with Gasteiger partial charge in [-0.3, -0.25) is 9.59 Å². The highest BCUT2D eigenvalue weighted by Gasteiger charge is 2.06. The van der Waals surface area contributed by atoms with Crippen LogP contribution in [0.2, 0.25) is 0 Å². The van der Waals surface area contributed by atoms with E-state index in [0.29, 0.717) is 11.4 Å². The topological polar surface area (TPSA) is 196 Å². The molecule has 0 fully saturated rings. The number of aryl methyl sites for hydroxylation is 2. The van der Waals surface area contributed by atoms with Crippen molar-refractivity contribution >= 4 is 40.5 Å². The Balaban J connectivity index is 0.000000328. The van der Waals surface area contributed by atoms with Gasteiger partial charge in [-0.2, -0.15) is 4.98 Å². The van der Waals surface area contributed by atoms with Crippen molar-refractivity contribution in [2.45, 2.75) is 25.7 Å². The summed E-state index contributed by atoms with van der Waals surface area (Å²) < 4.78 is 0. The minimum absolute atomic E-state index is 0.00463. The maximum absolute atomic E-state index is 11.1. The fourth-order valence-electron chi connectivity index (χ4n) is 2.86. The van der Waals surface area contributed by atoms with Crippen molar-refractivity contribution in [1.82, 2.24) is 9.97 Å². The first kappa shape index (κ1) is 24.8. The summed E-state index contributed by atoms with van der Waals surface area (Å²) in [5, 5.41) is 17.1. The van der Waals surface area contributed by atoms with E-state index in [1.165, 1.54) is 0 Å². The molecule has 3 rings (SSSR count). The second-order valence-corrected chi connectivity index (χ2v) is 7.18. The number of anilines is 2. The monoisotopic (exact) mass is 451 g/mol. The summed E-state index contributed by atoms with van der Waals surface area (Å²) in [7, 11) is 0. The van der Waals surface area contributed by atoms with Gasteiger partial charge in [-0.1, -0.05) is 24.8 Å². The second kappa shape index (κ2) is 11.2. The van der Waals surface area contributed by atoms with Crippen molar-refractivity contribution in [2.75, 3.05) is 11.5 Å². The van der Waals surface area contributed by atoms with E-state index in [-0.39, 0.29) is 24.4 Å². The SMILES string of the molecule is C=C(CCC(=O)O)C(=O)O.NC(=O)c1ccc(CCc2ccc3nc(N)nc(N)c3c2)cc1. The van der Waals surface area contributed by atoms with Gasteiger partial charge in [0.1, 0.15) is 5.82 Å². The molecule has 0 radical (unpaired) electrons. The Bertz CT molecular complexity index is 1190. The molecule has 0 aliphatic carbocycles. The van der Waals surface area contributed by atoms with Crippen LogP contribution in [0.25, 0.3) is 10.9 Å². The van der Waals surface area contributed by atoms with Crippen molar-refractivity contribution < 1.29 is 24.6 Å². The van der Waals surface area contributed by atoms with Gasteiger partial charge in [0.15, 0.2) is 0 Å². The molecule has 10 heteroatoms. The number of rotatable bonds is 8. The van der Waals surface area contributed by atoms with Gasteiger partial charge in [0.2, 0.25) is 11.9 Å². The number of aliphatic carboxylic acids is 2. The molecule has 0 saturated carbocycles. The number of carboxylic acids is 2. The fourth-order valence-corrected chi connectivity index (χ4v) is 2.86. The van der Waals surface area contributed by atoms with E-state index < -0.39 is 17.8 Å². The van der Waals surface area contributed by atoms with Crippen LogP contribution in [0.4, 0.5) is 11.8 Å². The number of hydrogen-bond donors (Lipinski definition) is 5. The van der Waals surface area contributed by atoms with Gasteiger partial charge in [0.25, 0.3) is 0 Å². The molecule has 1 aromatic heterocycles. The first-order chi connectivity index (χ1) is 15.6. The quantitative estimate of drug-likeness (QED) is 0.319. The number of nitrogens with zero attached hydrogens (tertiary/aromatic N) is 2. The highest BCUT2D eigenvalue weighted by molar-refractivity contribution is 5.92. The Morgan fingerprint density at radius 3 is 2.06 bits per heavy atom. The lowest BCUT2D eigenvalue weighted by molar-refractivity contribution is -0.137. The van der Waals surface area contributed by atoms with Gasteiger partial charge >= 0.3 is 11.9 Å². The van der Waals surface area contributed by atoms with Crippen LogP contribution in [0.5, 0.6) is 0 Å². The van der Waals surface area contributed by atoms with Crippen molar-refractivity contribution in [3.05, 3.63) is 71.3 Å². The first-order valence-corrected chi connectivity index (χ1v) is 9.90. The van der Waals surface area contributed by atoms with E-state index in [0.717, 1.165) is 34.9 Å². The van der Waals surface area contributed by atoms with Crippen molar-refractivity contribution in [1.29, 1.82) is 0 Å². The summed E-state index contributed by atoms with van der Waals surface area (Å²) in [4.78, 5) is 39.1. The maximum atomic E-state index is 11.1. The number of carbonyl (C=O) groups is 3. The predicted octanol–water partition coefficient (Wildman–Crippen LogP) is 2.17. The van der Waals surface area contributed by atoms with Crippen LogP contribution in [-0.2, 0) is 22.4 Å². The molecule has 0 unspecified atom stereocenters. The molecule has 2 aromatic carbocycles. The van der Waals surface area contributed by atoms with Gasteiger partial charge in [-0.15, -0.1) is 0 Å². The molecule has 0 saturated heterocycles. The summed E-state index contributed by atoms with van der Waals surface area (Å²) in [6, 6.07) is 13.2. The van der Waals surface area contributed by atoms with E-state index in [2.05, 4.69) is 16.5 Å². The molecule has 0 aliphatic heterocycles. The summed E-state index contributed by atoms with van der Waals surface area (Å²) in [6.07, 6.45) is 1.52. The molecule has 8 N–H and O–H groups in total. The van der Waals surface area contributed by atoms with Crippen molar-refractivity contribution in [3.8, 4) is 0 Å². The number of fused-ring (bicyclic) bond motifs is 1. The Morgan fingerprint density at radius 1 is 0.879 bits per heavy atom. The molecule has 0 atom stereocenters. The molecule has 0 spiro atoms. The first-order valence-electron chi connectivity index (χ1n) is 9.90. The van der Waals surface area contributed by atoms with E-state index in [1.807, 2.05) is 30.3 Å². The number of primary amides is 1. The number of hydrogen-bond acceptors (Lipinski definition) is 7. The zero-order valence-electron chi connectivity index (χ0n) is 17.8. The molecule has 1 heterocycles. The van der Waals surface area contributed by atoms with Gasteiger partial charge in [0, 0.05) is 22.9 Å². The smallest absolute Gasteiger partial charge is 0.330 e. The van der Waals surface area contributed by atoms with Crippen LogP contribution in [0.15, 0.2) is 54.6 Å². The number of nitrogen functional groups attached to an aromatic ring is 2. The standard InChI is InChI=1S/C17H17N5O.C6H8O4/c18-15-13-9-11(5-8-14(13)21-17(20)22-15)2-1-10-3-6-12(7-4-10)16(19)23;1-4(6(9)10)2-3-5(7)8/h3-9H,1-2H2,(H2,19,23)(H4,18,20,21,22);1-3H2,(H,7,8)(H,9,10). The molecule has 0 aliphatic rings. The average molecular weight is 451 g/mol. The van der Waals surface area contributed by atoms with Crippen LogP contribution < -0.4 is 17.2 Å². The molecule has 33 heavy (non-hydrogen) atoms. The van der Waals surface area contributed by atoms with Gasteiger partial charge in [-0.25, -0.2) is 9.78 Å². The lowest BCUT2D eigenvalue weighted by atomic mass is 10.0. The zero-order valence-corrected chi connectivity index (χ0v) is 17.8. The third kappa shape index (κ3) is 7.62. The van der Waals surface area contributed by atoms with Gasteiger partial charge < -0.3 is 27.4 Å². The summed E-state index contributed by atoms with van der Waals surface area (Å²) in [6.45, 7) is 3.16. The molecule has 0 bridgehead atoms. The Labute approximate surface area is 189 Å². The average Bonchev–Trinajstić information content (AvgIpc) is 2.76. The van der Waals surface area contributed by atoms with Gasteiger partial charge in [-0.05, 0) is 54.7 Å². The Hall–Kier alpha value is -4.47. The molecular weight excluding hydrogens is 426 g/mol. The molecule has 172 valence electrons. The molecular formula is C23H25N5O5. The van der Waals surface area contributed by atoms with Crippen LogP contribution in [0, 0.1) is 0 Å². The summed E-state index contributed by atoms with van der Waals surface area (Å²) in [5.41, 5.74) is 20.2. The minimum atomic E-state index is -1.14. The number of benzene rings is 2. The van der Waals surface area contributed by atoms with Crippen LogP contribution in [-0.4, -0.2) is 38.0 Å². The number of carbonyl (C=O) groups excluding carboxylic acids is 1. The van der Waals surface area contributed by atoms with Crippen LogP contribution in [0.1, 0.15) is 34.3 Å². The summed E-state index contributed by atoms with van der Waals surface area (Å²) in [5.74, 6) is -2.00. The number of amides is 1. The zero-order chi connectivity index (χ0) is 24.5. The van der Waals surface area contributed by atoms with Crippen LogP contribution >= 0.6 is 0 Å². The normalized spacial score (nSPS) is 10.2. The van der Waals surface area contributed by atoms with E-state index >= 15 is 0 Å². The lowest BCUT2D eigenvalue weighted by Crippen LogP contribution is -2.10. The molecule has 1 amide bonds. The highest BCUT2D eigenvalue weighted by atomic mass is 16.4. The van der Waals surface area contributed by atoms with Crippen molar-refractivity contribution in [3.63, 3.8) is 0 Å². The minimum Gasteiger partial charge on any atom is -0.481 e. The molecule has 3 aromatic rings. The highest BCUT2D eigenvalue weighted by Crippen LogP contribution is 2.21. The largest absolute Gasteiger partial charge is 0.481 e. The Kier molecular flexibility index (Phi) is 8.44. The maximum Gasteiger partial charge on any atom is 0.330 e. The van der Waals surface area contributed by atoms with E-state index in [4.69, 9.17) is 27.4 Å². The summed E-state index contributed by atoms with van der Waals surface area (Å²) >= 11 is 0. The second-order valence-electron chi connectivity index (χ2n) is 7.18. The van der Waals surface area contributed by atoms with Gasteiger partial charge in [0.05, 0.1) is 5.52 Å². The Morgan fingerprint density at radius 2 is 1.48 bits per heavy atom. The third-order valence-electron chi connectivity index (χ3n) is 4.69. The van der Waals surface area contributed by atoms with Crippen LogP contribution in [0.3, 0.4) is 0 Å². The number of nitrogens with two attached hydrogens (primary N) is 3. The fraction of sp³-hybridized carbons (Fsp3) is 0.174. The predicted molar refractivity (Wildman–Crippen MR) is 124 cm³/mol. The van der Waals surface area contributed by atoms with E-state index in [9.17, 15) is 14.4 Å². The number of aromatic nitrogens is 2. The van der Waals surface area contributed by atoms with E-state index in [1.54, 1.807) is 12.1 Å². The number of carboxylic acid groups (broad SMARTS) is 2. The lowest BCUT2D eigenvalue weighted by Gasteiger charge is -2.06. The molecule has 10 nitrogen and oxygen atoms in total. The van der Waals surface area contributed by atoms with Crippen molar-refractivity contribution in [2.24, 2.45) is 5.73 Å². The third-order valence-corrected chi connectivity index (χ3v) is 4.69.